The molecule has 2 nitrogen and oxygen atoms in total. The summed E-state index contributed by atoms with van der Waals surface area (Å²) in [6, 6.07) is 18.6. The Labute approximate surface area is 119 Å². The lowest BCUT2D eigenvalue weighted by Gasteiger charge is -2.08. The maximum atomic E-state index is 5.48. The van der Waals surface area contributed by atoms with E-state index in [0.29, 0.717) is 6.61 Å². The SMILES string of the molecule is CCOc1cccc(NCCSc2ccccc2)c1. The van der Waals surface area contributed by atoms with Gasteiger partial charge in [0.15, 0.2) is 0 Å². The molecule has 0 aromatic heterocycles. The van der Waals surface area contributed by atoms with E-state index in [2.05, 4.69) is 35.6 Å². The summed E-state index contributed by atoms with van der Waals surface area (Å²) in [7, 11) is 0. The highest BCUT2D eigenvalue weighted by Crippen LogP contribution is 2.19. The number of rotatable bonds is 7. The lowest BCUT2D eigenvalue weighted by Crippen LogP contribution is -2.04. The predicted molar refractivity (Wildman–Crippen MR) is 83.3 cm³/mol. The fourth-order valence-corrected chi connectivity index (χ4v) is 2.53. The Morgan fingerprint density at radius 2 is 1.89 bits per heavy atom. The van der Waals surface area contributed by atoms with Crippen molar-refractivity contribution in [3.8, 4) is 5.75 Å². The molecule has 2 aromatic rings. The van der Waals surface area contributed by atoms with Crippen molar-refractivity contribution in [2.75, 3.05) is 24.2 Å². The minimum absolute atomic E-state index is 0.702. The van der Waals surface area contributed by atoms with Crippen molar-refractivity contribution >= 4 is 17.4 Å². The van der Waals surface area contributed by atoms with Crippen LogP contribution in [0.4, 0.5) is 5.69 Å². The van der Waals surface area contributed by atoms with E-state index in [4.69, 9.17) is 4.74 Å². The molecule has 0 heterocycles. The van der Waals surface area contributed by atoms with E-state index < -0.39 is 0 Å². The Bertz CT molecular complexity index is 487. The molecule has 0 aliphatic carbocycles. The van der Waals surface area contributed by atoms with Crippen molar-refractivity contribution in [3.05, 3.63) is 54.6 Å². The van der Waals surface area contributed by atoms with Gasteiger partial charge in [-0.25, -0.2) is 0 Å². The molecule has 1 N–H and O–H groups in total. The van der Waals surface area contributed by atoms with Crippen molar-refractivity contribution in [1.82, 2.24) is 0 Å². The van der Waals surface area contributed by atoms with E-state index in [9.17, 15) is 0 Å². The van der Waals surface area contributed by atoms with Crippen molar-refractivity contribution in [3.63, 3.8) is 0 Å². The normalized spacial score (nSPS) is 10.2. The van der Waals surface area contributed by atoms with Crippen LogP contribution in [0.5, 0.6) is 5.75 Å². The molecule has 0 saturated heterocycles. The third-order valence-electron chi connectivity index (χ3n) is 2.59. The summed E-state index contributed by atoms with van der Waals surface area (Å²) in [6.07, 6.45) is 0. The Morgan fingerprint density at radius 3 is 2.68 bits per heavy atom. The molecule has 0 unspecified atom stereocenters. The predicted octanol–water partition coefficient (Wildman–Crippen LogP) is 4.29. The van der Waals surface area contributed by atoms with Gasteiger partial charge in [-0.15, -0.1) is 11.8 Å². The molecule has 0 atom stereocenters. The number of hydrogen-bond acceptors (Lipinski definition) is 3. The van der Waals surface area contributed by atoms with Crippen molar-refractivity contribution in [2.24, 2.45) is 0 Å². The number of hydrogen-bond donors (Lipinski definition) is 1. The number of benzene rings is 2. The lowest BCUT2D eigenvalue weighted by molar-refractivity contribution is 0.340. The molecule has 0 bridgehead atoms. The lowest BCUT2D eigenvalue weighted by atomic mass is 10.3. The molecule has 0 saturated carbocycles. The van der Waals surface area contributed by atoms with Gasteiger partial charge in [-0.2, -0.15) is 0 Å². The van der Waals surface area contributed by atoms with Crippen molar-refractivity contribution in [1.29, 1.82) is 0 Å². The van der Waals surface area contributed by atoms with Gasteiger partial charge in [-0.1, -0.05) is 24.3 Å². The Hall–Kier alpha value is -1.61. The minimum Gasteiger partial charge on any atom is -0.494 e. The Balaban J connectivity index is 1.75. The monoisotopic (exact) mass is 273 g/mol. The number of anilines is 1. The maximum absolute atomic E-state index is 5.48. The summed E-state index contributed by atoms with van der Waals surface area (Å²) in [6.45, 7) is 3.64. The highest BCUT2D eigenvalue weighted by Gasteiger charge is 1.96. The third-order valence-corrected chi connectivity index (χ3v) is 3.60. The van der Waals surface area contributed by atoms with Gasteiger partial charge >= 0.3 is 0 Å². The first kappa shape index (κ1) is 13.8. The quantitative estimate of drug-likeness (QED) is 0.600. The van der Waals surface area contributed by atoms with Gasteiger partial charge in [0.25, 0.3) is 0 Å². The zero-order valence-electron chi connectivity index (χ0n) is 11.1. The van der Waals surface area contributed by atoms with E-state index in [1.54, 1.807) is 0 Å². The molecule has 0 aliphatic heterocycles. The first-order valence-electron chi connectivity index (χ1n) is 6.53. The summed E-state index contributed by atoms with van der Waals surface area (Å²) in [5.41, 5.74) is 1.11. The number of ether oxygens (including phenoxy) is 1. The average molecular weight is 273 g/mol. The van der Waals surface area contributed by atoms with Crippen LogP contribution in [0, 0.1) is 0 Å². The van der Waals surface area contributed by atoms with Gasteiger partial charge < -0.3 is 10.1 Å². The number of nitrogens with one attached hydrogen (secondary N) is 1. The molecular formula is C16H19NOS. The highest BCUT2D eigenvalue weighted by molar-refractivity contribution is 7.99. The summed E-state index contributed by atoms with van der Waals surface area (Å²) in [5, 5.41) is 3.41. The largest absolute Gasteiger partial charge is 0.494 e. The summed E-state index contributed by atoms with van der Waals surface area (Å²) >= 11 is 1.86. The van der Waals surface area contributed by atoms with Crippen LogP contribution in [-0.2, 0) is 0 Å². The van der Waals surface area contributed by atoms with Crippen LogP contribution in [0.3, 0.4) is 0 Å². The summed E-state index contributed by atoms with van der Waals surface area (Å²) < 4.78 is 5.48. The first-order valence-corrected chi connectivity index (χ1v) is 7.51. The van der Waals surface area contributed by atoms with Crippen LogP contribution in [0.1, 0.15) is 6.92 Å². The molecule has 0 fully saturated rings. The second-order valence-electron chi connectivity index (χ2n) is 4.05. The van der Waals surface area contributed by atoms with Gasteiger partial charge in [0.05, 0.1) is 6.61 Å². The fourth-order valence-electron chi connectivity index (χ4n) is 1.74. The summed E-state index contributed by atoms with van der Waals surface area (Å²) in [5.74, 6) is 1.96. The van der Waals surface area contributed by atoms with E-state index in [1.165, 1.54) is 4.90 Å². The van der Waals surface area contributed by atoms with Gasteiger partial charge in [0, 0.05) is 28.9 Å². The molecule has 2 rings (SSSR count). The number of thioether (sulfide) groups is 1. The van der Waals surface area contributed by atoms with Crippen LogP contribution >= 0.6 is 11.8 Å². The second kappa shape index (κ2) is 7.74. The smallest absolute Gasteiger partial charge is 0.121 e. The van der Waals surface area contributed by atoms with Crippen LogP contribution in [0.25, 0.3) is 0 Å². The topological polar surface area (TPSA) is 21.3 Å². The Morgan fingerprint density at radius 1 is 1.05 bits per heavy atom. The van der Waals surface area contributed by atoms with Crippen molar-refractivity contribution in [2.45, 2.75) is 11.8 Å². The van der Waals surface area contributed by atoms with E-state index in [0.717, 1.165) is 23.7 Å². The van der Waals surface area contributed by atoms with Gasteiger partial charge in [0.2, 0.25) is 0 Å². The van der Waals surface area contributed by atoms with Gasteiger partial charge in [-0.3, -0.25) is 0 Å². The molecule has 0 spiro atoms. The third kappa shape index (κ3) is 4.87. The zero-order valence-corrected chi connectivity index (χ0v) is 12.0. The second-order valence-corrected chi connectivity index (χ2v) is 5.22. The molecule has 100 valence electrons. The fraction of sp³-hybridized carbons (Fsp3) is 0.250. The standard InChI is InChI=1S/C16H19NOS/c1-2-18-15-8-6-7-14(13-15)17-11-12-19-16-9-4-3-5-10-16/h3-10,13,17H,2,11-12H2,1H3. The minimum atomic E-state index is 0.702. The summed E-state index contributed by atoms with van der Waals surface area (Å²) in [4.78, 5) is 1.31. The molecule has 0 amide bonds. The molecule has 19 heavy (non-hydrogen) atoms. The van der Waals surface area contributed by atoms with E-state index >= 15 is 0 Å². The maximum Gasteiger partial charge on any atom is 0.121 e. The van der Waals surface area contributed by atoms with Crippen LogP contribution < -0.4 is 10.1 Å². The molecule has 0 radical (unpaired) electrons. The molecular weight excluding hydrogens is 254 g/mol. The average Bonchev–Trinajstić information content (AvgIpc) is 2.46. The highest BCUT2D eigenvalue weighted by atomic mass is 32.2. The Kier molecular flexibility index (Phi) is 5.63. The van der Waals surface area contributed by atoms with Gasteiger partial charge in [-0.05, 0) is 31.2 Å². The van der Waals surface area contributed by atoms with Crippen LogP contribution in [-0.4, -0.2) is 18.9 Å². The van der Waals surface area contributed by atoms with Crippen LogP contribution in [0.2, 0.25) is 0 Å². The molecule has 2 aromatic carbocycles. The van der Waals surface area contributed by atoms with Gasteiger partial charge in [0.1, 0.15) is 5.75 Å². The van der Waals surface area contributed by atoms with Crippen molar-refractivity contribution < 1.29 is 4.74 Å². The van der Waals surface area contributed by atoms with E-state index in [-0.39, 0.29) is 0 Å². The molecule has 3 heteroatoms. The van der Waals surface area contributed by atoms with E-state index in [1.807, 2.05) is 43.0 Å². The van der Waals surface area contributed by atoms with Crippen LogP contribution in [0.15, 0.2) is 59.5 Å². The molecule has 0 aliphatic rings. The zero-order chi connectivity index (χ0) is 13.3. The first-order chi connectivity index (χ1) is 9.38.